The lowest BCUT2D eigenvalue weighted by Gasteiger charge is -2.04. The van der Waals surface area contributed by atoms with E-state index in [9.17, 15) is 4.39 Å². The molecule has 0 amide bonds. The van der Waals surface area contributed by atoms with Crippen molar-refractivity contribution in [2.75, 3.05) is 13.2 Å². The first-order valence-corrected chi connectivity index (χ1v) is 4.33. The Morgan fingerprint density at radius 2 is 2.38 bits per heavy atom. The lowest BCUT2D eigenvalue weighted by molar-refractivity contribution is 0.254. The summed E-state index contributed by atoms with van der Waals surface area (Å²) in [7, 11) is 0. The summed E-state index contributed by atoms with van der Waals surface area (Å²) in [6, 6.07) is 4.22. The van der Waals surface area contributed by atoms with E-state index in [2.05, 4.69) is 0 Å². The van der Waals surface area contributed by atoms with Gasteiger partial charge in [0, 0.05) is 11.1 Å². The first-order valence-electron chi connectivity index (χ1n) is 3.95. The van der Waals surface area contributed by atoms with E-state index < -0.39 is 5.82 Å². The van der Waals surface area contributed by atoms with Crippen LogP contribution >= 0.6 is 11.6 Å². The van der Waals surface area contributed by atoms with E-state index >= 15 is 0 Å². The Labute approximate surface area is 80.2 Å². The SMILES string of the molecule is Fc1ccc(Cl)cc1OCC1CO1. The molecule has 1 heterocycles. The van der Waals surface area contributed by atoms with E-state index in [1.54, 1.807) is 0 Å². The van der Waals surface area contributed by atoms with Gasteiger partial charge in [-0.3, -0.25) is 0 Å². The molecule has 1 atom stereocenters. The van der Waals surface area contributed by atoms with Crippen molar-refractivity contribution in [1.29, 1.82) is 0 Å². The minimum absolute atomic E-state index is 0.124. The van der Waals surface area contributed by atoms with Crippen LogP contribution in [-0.2, 0) is 4.74 Å². The summed E-state index contributed by atoms with van der Waals surface area (Å²) < 4.78 is 23.1. The molecule has 2 nitrogen and oxygen atoms in total. The number of hydrogen-bond acceptors (Lipinski definition) is 2. The first kappa shape index (κ1) is 8.78. The van der Waals surface area contributed by atoms with Gasteiger partial charge in [-0.1, -0.05) is 11.6 Å². The zero-order valence-electron chi connectivity index (χ0n) is 6.80. The number of ether oxygens (including phenoxy) is 2. The van der Waals surface area contributed by atoms with Crippen LogP contribution in [0.25, 0.3) is 0 Å². The zero-order chi connectivity index (χ0) is 9.26. The molecule has 1 aliphatic rings. The van der Waals surface area contributed by atoms with Crippen LogP contribution in [0.3, 0.4) is 0 Å². The summed E-state index contributed by atoms with van der Waals surface area (Å²) in [5, 5.41) is 0.466. The Morgan fingerprint density at radius 1 is 1.62 bits per heavy atom. The van der Waals surface area contributed by atoms with E-state index in [-0.39, 0.29) is 11.9 Å². The van der Waals surface area contributed by atoms with Gasteiger partial charge >= 0.3 is 0 Å². The summed E-state index contributed by atoms with van der Waals surface area (Å²) in [6.45, 7) is 1.08. The quantitative estimate of drug-likeness (QED) is 0.702. The Balaban J connectivity index is 2.03. The fourth-order valence-electron chi connectivity index (χ4n) is 0.935. The fourth-order valence-corrected chi connectivity index (χ4v) is 1.10. The van der Waals surface area contributed by atoms with Crippen molar-refractivity contribution >= 4 is 11.6 Å². The molecule has 1 unspecified atom stereocenters. The van der Waals surface area contributed by atoms with Crippen LogP contribution in [0.2, 0.25) is 5.02 Å². The monoisotopic (exact) mass is 202 g/mol. The predicted molar refractivity (Wildman–Crippen MR) is 46.6 cm³/mol. The molecule has 1 saturated heterocycles. The molecular weight excluding hydrogens is 195 g/mol. The van der Waals surface area contributed by atoms with E-state index in [4.69, 9.17) is 21.1 Å². The second-order valence-corrected chi connectivity index (χ2v) is 3.28. The first-order chi connectivity index (χ1) is 6.25. The normalized spacial score (nSPS) is 20.0. The highest BCUT2D eigenvalue weighted by Crippen LogP contribution is 2.23. The molecular formula is C9H8ClFO2. The smallest absolute Gasteiger partial charge is 0.165 e. The number of hydrogen-bond donors (Lipinski definition) is 0. The summed E-state index contributed by atoms with van der Waals surface area (Å²) in [5.74, 6) is -0.215. The molecule has 0 bridgehead atoms. The van der Waals surface area contributed by atoms with Gasteiger partial charge in [-0.25, -0.2) is 4.39 Å². The van der Waals surface area contributed by atoms with Crippen LogP contribution in [0.1, 0.15) is 0 Å². The zero-order valence-corrected chi connectivity index (χ0v) is 7.55. The predicted octanol–water partition coefficient (Wildman–Crippen LogP) is 2.26. The van der Waals surface area contributed by atoms with Gasteiger partial charge in [-0.2, -0.15) is 0 Å². The van der Waals surface area contributed by atoms with Gasteiger partial charge in [0.15, 0.2) is 11.6 Å². The molecule has 1 aliphatic heterocycles. The van der Waals surface area contributed by atoms with Crippen LogP contribution in [-0.4, -0.2) is 19.3 Å². The Hall–Kier alpha value is -0.800. The highest BCUT2D eigenvalue weighted by molar-refractivity contribution is 6.30. The largest absolute Gasteiger partial charge is 0.488 e. The molecule has 13 heavy (non-hydrogen) atoms. The molecule has 0 aliphatic carbocycles. The van der Waals surface area contributed by atoms with Crippen molar-refractivity contribution in [1.82, 2.24) is 0 Å². The third-order valence-electron chi connectivity index (χ3n) is 1.72. The highest BCUT2D eigenvalue weighted by Gasteiger charge is 2.23. The fraction of sp³-hybridized carbons (Fsp3) is 0.333. The minimum atomic E-state index is -0.398. The van der Waals surface area contributed by atoms with E-state index in [0.717, 1.165) is 0 Å². The molecule has 2 rings (SSSR count). The average Bonchev–Trinajstić information content (AvgIpc) is 2.90. The molecule has 0 aromatic heterocycles. The maximum Gasteiger partial charge on any atom is 0.165 e. The lowest BCUT2D eigenvalue weighted by atomic mass is 10.3. The molecule has 1 aromatic carbocycles. The molecule has 4 heteroatoms. The lowest BCUT2D eigenvalue weighted by Crippen LogP contribution is -2.05. The van der Waals surface area contributed by atoms with Crippen molar-refractivity contribution in [2.45, 2.75) is 6.10 Å². The standard InChI is InChI=1S/C9H8ClFO2/c10-6-1-2-8(11)9(3-6)13-5-7-4-12-7/h1-3,7H,4-5H2. The Kier molecular flexibility index (Phi) is 2.38. The van der Waals surface area contributed by atoms with Gasteiger partial charge < -0.3 is 9.47 Å². The molecule has 0 saturated carbocycles. The van der Waals surface area contributed by atoms with Crippen molar-refractivity contribution in [3.63, 3.8) is 0 Å². The van der Waals surface area contributed by atoms with Gasteiger partial charge in [0.05, 0.1) is 6.61 Å². The molecule has 1 fully saturated rings. The summed E-state index contributed by atoms with van der Waals surface area (Å²) in [4.78, 5) is 0. The average molecular weight is 203 g/mol. The number of benzene rings is 1. The van der Waals surface area contributed by atoms with Gasteiger partial charge in [0.25, 0.3) is 0 Å². The maximum absolute atomic E-state index is 13.0. The van der Waals surface area contributed by atoms with Crippen LogP contribution in [0.4, 0.5) is 4.39 Å². The Morgan fingerprint density at radius 3 is 3.08 bits per heavy atom. The van der Waals surface area contributed by atoms with Crippen LogP contribution < -0.4 is 4.74 Å². The number of halogens is 2. The molecule has 0 N–H and O–H groups in total. The molecule has 0 spiro atoms. The third-order valence-corrected chi connectivity index (χ3v) is 1.96. The summed E-state index contributed by atoms with van der Waals surface area (Å²) in [6.07, 6.45) is 0.124. The second-order valence-electron chi connectivity index (χ2n) is 2.84. The summed E-state index contributed by atoms with van der Waals surface area (Å²) in [5.41, 5.74) is 0. The van der Waals surface area contributed by atoms with Crippen LogP contribution in [0.15, 0.2) is 18.2 Å². The number of rotatable bonds is 3. The highest BCUT2D eigenvalue weighted by atomic mass is 35.5. The van der Waals surface area contributed by atoms with E-state index in [0.29, 0.717) is 18.2 Å². The van der Waals surface area contributed by atoms with Gasteiger partial charge in [0.1, 0.15) is 12.7 Å². The molecule has 70 valence electrons. The second kappa shape index (κ2) is 3.52. The number of epoxide rings is 1. The van der Waals surface area contributed by atoms with E-state index in [1.165, 1.54) is 18.2 Å². The third kappa shape index (κ3) is 2.32. The van der Waals surface area contributed by atoms with Crippen LogP contribution in [0.5, 0.6) is 5.75 Å². The molecule has 0 radical (unpaired) electrons. The van der Waals surface area contributed by atoms with Crippen molar-refractivity contribution in [3.8, 4) is 5.75 Å². The summed E-state index contributed by atoms with van der Waals surface area (Å²) >= 11 is 5.67. The van der Waals surface area contributed by atoms with Gasteiger partial charge in [0.2, 0.25) is 0 Å². The minimum Gasteiger partial charge on any atom is -0.488 e. The van der Waals surface area contributed by atoms with Crippen molar-refractivity contribution < 1.29 is 13.9 Å². The van der Waals surface area contributed by atoms with Crippen molar-refractivity contribution in [2.24, 2.45) is 0 Å². The van der Waals surface area contributed by atoms with Gasteiger partial charge in [-0.05, 0) is 12.1 Å². The maximum atomic E-state index is 13.0. The van der Waals surface area contributed by atoms with E-state index in [1.807, 2.05) is 0 Å². The molecule has 1 aromatic rings. The van der Waals surface area contributed by atoms with Gasteiger partial charge in [-0.15, -0.1) is 0 Å². The van der Waals surface area contributed by atoms with Crippen LogP contribution in [0, 0.1) is 5.82 Å². The topological polar surface area (TPSA) is 21.8 Å². The Bertz CT molecular complexity index is 312. The van der Waals surface area contributed by atoms with Crippen molar-refractivity contribution in [3.05, 3.63) is 29.0 Å².